The van der Waals surface area contributed by atoms with Crippen molar-refractivity contribution in [3.8, 4) is 0 Å². The summed E-state index contributed by atoms with van der Waals surface area (Å²) in [4.78, 5) is 2.20. The number of anilines is 1. The van der Waals surface area contributed by atoms with Crippen molar-refractivity contribution in [3.63, 3.8) is 0 Å². The third-order valence-corrected chi connectivity index (χ3v) is 3.25. The van der Waals surface area contributed by atoms with Gasteiger partial charge in [-0.05, 0) is 45.7 Å². The van der Waals surface area contributed by atoms with E-state index in [0.717, 1.165) is 24.6 Å². The van der Waals surface area contributed by atoms with Crippen LogP contribution in [0.5, 0.6) is 0 Å². The van der Waals surface area contributed by atoms with Crippen LogP contribution in [0.15, 0.2) is 24.8 Å². The lowest BCUT2D eigenvalue weighted by Gasteiger charge is -2.35. The van der Waals surface area contributed by atoms with E-state index in [4.69, 9.17) is 0 Å². The summed E-state index contributed by atoms with van der Waals surface area (Å²) in [6, 6.07) is 4.80. The Labute approximate surface area is 115 Å². The Hall–Kier alpha value is -1.42. The predicted molar refractivity (Wildman–Crippen MR) is 79.2 cm³/mol. The fourth-order valence-electron chi connectivity index (χ4n) is 1.97. The van der Waals surface area contributed by atoms with Crippen molar-refractivity contribution >= 4 is 5.82 Å². The molecule has 0 aromatic carbocycles. The van der Waals surface area contributed by atoms with E-state index in [2.05, 4.69) is 53.8 Å². The summed E-state index contributed by atoms with van der Waals surface area (Å²) in [7, 11) is 0. The van der Waals surface area contributed by atoms with Crippen LogP contribution in [0.1, 0.15) is 39.3 Å². The Morgan fingerprint density at radius 1 is 1.37 bits per heavy atom. The molecular formula is C15H24N4. The topological polar surface area (TPSA) is 41.0 Å². The van der Waals surface area contributed by atoms with Gasteiger partial charge in [0, 0.05) is 24.7 Å². The van der Waals surface area contributed by atoms with E-state index in [-0.39, 0.29) is 5.54 Å². The van der Waals surface area contributed by atoms with Crippen molar-refractivity contribution < 1.29 is 0 Å². The Morgan fingerprint density at radius 3 is 2.58 bits per heavy atom. The van der Waals surface area contributed by atoms with E-state index in [0.29, 0.717) is 6.04 Å². The zero-order valence-electron chi connectivity index (χ0n) is 12.2. The van der Waals surface area contributed by atoms with Crippen molar-refractivity contribution in [2.75, 3.05) is 11.4 Å². The summed E-state index contributed by atoms with van der Waals surface area (Å²) in [5.41, 5.74) is 1.01. The third-order valence-electron chi connectivity index (χ3n) is 3.25. The van der Waals surface area contributed by atoms with Gasteiger partial charge in [-0.2, -0.15) is 5.10 Å². The van der Waals surface area contributed by atoms with Gasteiger partial charge in [-0.1, -0.05) is 6.08 Å². The molecule has 2 rings (SSSR count). The van der Waals surface area contributed by atoms with E-state index in [9.17, 15) is 0 Å². The molecule has 0 atom stereocenters. The molecule has 1 fully saturated rings. The molecule has 1 saturated carbocycles. The predicted octanol–water partition coefficient (Wildman–Crippen LogP) is 2.52. The number of rotatable bonds is 6. The van der Waals surface area contributed by atoms with Crippen molar-refractivity contribution in [2.45, 2.75) is 51.7 Å². The summed E-state index contributed by atoms with van der Waals surface area (Å²) in [6.45, 7) is 11.9. The van der Waals surface area contributed by atoms with Gasteiger partial charge >= 0.3 is 0 Å². The summed E-state index contributed by atoms with van der Waals surface area (Å²) in [5, 5.41) is 12.1. The van der Waals surface area contributed by atoms with Crippen molar-refractivity contribution in [1.29, 1.82) is 0 Å². The summed E-state index contributed by atoms with van der Waals surface area (Å²) < 4.78 is 0. The minimum Gasteiger partial charge on any atom is -0.347 e. The molecule has 4 heteroatoms. The molecule has 0 unspecified atom stereocenters. The van der Waals surface area contributed by atoms with Crippen LogP contribution in [0.3, 0.4) is 0 Å². The normalized spacial score (nSPS) is 15.3. The van der Waals surface area contributed by atoms with Gasteiger partial charge in [0.15, 0.2) is 5.82 Å². The van der Waals surface area contributed by atoms with Crippen molar-refractivity contribution in [2.24, 2.45) is 0 Å². The lowest BCUT2D eigenvalue weighted by molar-refractivity contribution is 0.514. The fourth-order valence-corrected chi connectivity index (χ4v) is 1.97. The molecule has 4 nitrogen and oxygen atoms in total. The highest BCUT2D eigenvalue weighted by Gasteiger charge is 2.22. The average molecular weight is 260 g/mol. The highest BCUT2D eigenvalue weighted by molar-refractivity contribution is 5.41. The standard InChI is InChI=1S/C15H24N4/c1-5-10-19(15(2,3)4)14-9-8-13(17-18-14)11-16-12-6-7-12/h5,8-9,12,16H,1,6-7,10-11H2,2-4H3. The van der Waals surface area contributed by atoms with E-state index in [1.165, 1.54) is 12.8 Å². The smallest absolute Gasteiger partial charge is 0.151 e. The van der Waals surface area contributed by atoms with Crippen LogP contribution in [0.4, 0.5) is 5.82 Å². The van der Waals surface area contributed by atoms with Crippen LogP contribution in [0.2, 0.25) is 0 Å². The third kappa shape index (κ3) is 4.03. The highest BCUT2D eigenvalue weighted by atomic mass is 15.3. The Balaban J connectivity index is 2.03. The number of aromatic nitrogens is 2. The molecule has 0 radical (unpaired) electrons. The molecule has 0 bridgehead atoms. The van der Waals surface area contributed by atoms with Gasteiger partial charge < -0.3 is 10.2 Å². The molecule has 19 heavy (non-hydrogen) atoms. The SMILES string of the molecule is C=CCN(c1ccc(CNC2CC2)nn1)C(C)(C)C. The van der Waals surface area contributed by atoms with Crippen molar-refractivity contribution in [3.05, 3.63) is 30.5 Å². The summed E-state index contributed by atoms with van der Waals surface area (Å²) in [5.74, 6) is 0.905. The second kappa shape index (κ2) is 5.70. The Bertz CT molecular complexity index is 415. The van der Waals surface area contributed by atoms with Gasteiger partial charge in [-0.3, -0.25) is 0 Å². The fraction of sp³-hybridized carbons (Fsp3) is 0.600. The second-order valence-corrected chi connectivity index (χ2v) is 6.11. The van der Waals surface area contributed by atoms with Gasteiger partial charge in [0.05, 0.1) is 5.69 Å². The van der Waals surface area contributed by atoms with Gasteiger partial charge in [-0.15, -0.1) is 11.7 Å². The molecule has 1 heterocycles. The molecule has 0 spiro atoms. The van der Waals surface area contributed by atoms with Crippen LogP contribution in [-0.2, 0) is 6.54 Å². The first-order valence-electron chi connectivity index (χ1n) is 6.95. The minimum absolute atomic E-state index is 0.0106. The molecule has 1 aliphatic carbocycles. The second-order valence-electron chi connectivity index (χ2n) is 6.11. The van der Waals surface area contributed by atoms with Gasteiger partial charge in [0.1, 0.15) is 0 Å². The van der Waals surface area contributed by atoms with Crippen LogP contribution in [0.25, 0.3) is 0 Å². The number of nitrogens with one attached hydrogen (secondary N) is 1. The van der Waals surface area contributed by atoms with E-state index < -0.39 is 0 Å². The maximum atomic E-state index is 4.35. The molecule has 0 amide bonds. The summed E-state index contributed by atoms with van der Waals surface area (Å²) in [6.07, 6.45) is 4.49. The average Bonchev–Trinajstić information content (AvgIpc) is 3.17. The van der Waals surface area contributed by atoms with E-state index >= 15 is 0 Å². The van der Waals surface area contributed by atoms with E-state index in [1.807, 2.05) is 12.1 Å². The molecule has 0 aliphatic heterocycles. The van der Waals surface area contributed by atoms with Crippen LogP contribution < -0.4 is 10.2 Å². The zero-order valence-corrected chi connectivity index (χ0v) is 12.2. The quantitative estimate of drug-likeness (QED) is 0.798. The summed E-state index contributed by atoms with van der Waals surface area (Å²) >= 11 is 0. The van der Waals surface area contributed by atoms with Crippen LogP contribution >= 0.6 is 0 Å². The van der Waals surface area contributed by atoms with Crippen LogP contribution in [-0.4, -0.2) is 28.3 Å². The maximum Gasteiger partial charge on any atom is 0.151 e. The number of hydrogen-bond acceptors (Lipinski definition) is 4. The van der Waals surface area contributed by atoms with Gasteiger partial charge in [-0.25, -0.2) is 0 Å². The van der Waals surface area contributed by atoms with Crippen molar-refractivity contribution in [1.82, 2.24) is 15.5 Å². The Kier molecular flexibility index (Phi) is 4.20. The molecule has 0 saturated heterocycles. The lowest BCUT2D eigenvalue weighted by atomic mass is 10.1. The van der Waals surface area contributed by atoms with E-state index in [1.54, 1.807) is 0 Å². The molecular weight excluding hydrogens is 236 g/mol. The molecule has 1 aromatic rings. The van der Waals surface area contributed by atoms with Gasteiger partial charge in [0.25, 0.3) is 0 Å². The first-order valence-corrected chi connectivity index (χ1v) is 6.95. The Morgan fingerprint density at radius 2 is 2.11 bits per heavy atom. The maximum absolute atomic E-state index is 4.35. The minimum atomic E-state index is 0.0106. The highest BCUT2D eigenvalue weighted by Crippen LogP contribution is 2.21. The molecule has 1 aromatic heterocycles. The van der Waals surface area contributed by atoms with Crippen LogP contribution in [0, 0.1) is 0 Å². The van der Waals surface area contributed by atoms with Gasteiger partial charge in [0.2, 0.25) is 0 Å². The molecule has 1 aliphatic rings. The first-order chi connectivity index (χ1) is 9.00. The number of nitrogens with zero attached hydrogens (tertiary/aromatic N) is 3. The molecule has 1 N–H and O–H groups in total. The zero-order chi connectivity index (χ0) is 13.9. The number of hydrogen-bond donors (Lipinski definition) is 1. The largest absolute Gasteiger partial charge is 0.347 e. The lowest BCUT2D eigenvalue weighted by Crippen LogP contribution is -2.42. The monoisotopic (exact) mass is 260 g/mol. The first kappa shape index (κ1) is 14.0. The molecule has 104 valence electrons.